The number of benzene rings is 3. The molecule has 0 saturated carbocycles. The van der Waals surface area contributed by atoms with Gasteiger partial charge in [0.2, 0.25) is 5.78 Å². The first-order valence-corrected chi connectivity index (χ1v) is 10.6. The van der Waals surface area contributed by atoms with Crippen molar-refractivity contribution in [3.63, 3.8) is 0 Å². The second kappa shape index (κ2) is 9.52. The second-order valence-electron chi connectivity index (χ2n) is 7.99. The van der Waals surface area contributed by atoms with Crippen LogP contribution in [0.2, 0.25) is 0 Å². The zero-order valence-corrected chi connectivity index (χ0v) is 17.8. The summed E-state index contributed by atoms with van der Waals surface area (Å²) in [4.78, 5) is 12.7. The van der Waals surface area contributed by atoms with Crippen molar-refractivity contribution < 1.29 is 34.7 Å². The third-order valence-corrected chi connectivity index (χ3v) is 5.91. The van der Waals surface area contributed by atoms with Crippen molar-refractivity contribution in [1.82, 2.24) is 0 Å². The van der Waals surface area contributed by atoms with Crippen molar-refractivity contribution in [2.45, 2.75) is 29.7 Å². The summed E-state index contributed by atoms with van der Waals surface area (Å²) >= 11 is 0. The number of aliphatic hydroxyl groups is 4. The lowest BCUT2D eigenvalue weighted by Crippen LogP contribution is -2.65. The van der Waals surface area contributed by atoms with Crippen LogP contribution in [-0.4, -0.2) is 63.5 Å². The normalized spacial score (nSPS) is 25.7. The Kier molecular flexibility index (Phi) is 6.71. The van der Waals surface area contributed by atoms with Gasteiger partial charge < -0.3 is 29.9 Å². The van der Waals surface area contributed by atoms with Gasteiger partial charge in [-0.3, -0.25) is 4.79 Å². The summed E-state index contributed by atoms with van der Waals surface area (Å²) in [7, 11) is 0. The number of hydrogen-bond acceptors (Lipinski definition) is 7. The van der Waals surface area contributed by atoms with Crippen LogP contribution in [0.25, 0.3) is 0 Å². The Hall–Kier alpha value is -2.91. The number of ketones is 1. The van der Waals surface area contributed by atoms with Crippen molar-refractivity contribution >= 4 is 5.78 Å². The van der Waals surface area contributed by atoms with Gasteiger partial charge in [0, 0.05) is 0 Å². The molecule has 4 rings (SSSR count). The van der Waals surface area contributed by atoms with Gasteiger partial charge in [-0.15, -0.1) is 0 Å². The largest absolute Gasteiger partial charge is 0.394 e. The molecule has 0 bridgehead atoms. The van der Waals surface area contributed by atoms with Crippen LogP contribution >= 0.6 is 0 Å². The fourth-order valence-corrected chi connectivity index (χ4v) is 4.19. The Labute approximate surface area is 191 Å². The Morgan fingerprint density at radius 2 is 1.24 bits per heavy atom. The average molecular weight is 450 g/mol. The molecule has 4 atom stereocenters. The molecule has 0 aromatic heterocycles. The van der Waals surface area contributed by atoms with E-state index in [0.29, 0.717) is 0 Å². The van der Waals surface area contributed by atoms with Crippen molar-refractivity contribution in [2.75, 3.05) is 13.2 Å². The maximum Gasteiger partial charge on any atom is 0.254 e. The zero-order chi connectivity index (χ0) is 23.5. The fraction of sp³-hybridized carbons (Fsp3) is 0.269. The van der Waals surface area contributed by atoms with E-state index in [2.05, 4.69) is 0 Å². The number of rotatable bonds is 7. The van der Waals surface area contributed by atoms with Crippen LogP contribution in [0.15, 0.2) is 91.0 Å². The summed E-state index contributed by atoms with van der Waals surface area (Å²) in [6, 6.07) is 28.0. The van der Waals surface area contributed by atoms with E-state index >= 15 is 0 Å². The van der Waals surface area contributed by atoms with E-state index in [-0.39, 0.29) is 0 Å². The van der Waals surface area contributed by atoms with Gasteiger partial charge in [0.1, 0.15) is 30.5 Å². The highest BCUT2D eigenvalue weighted by atomic mass is 16.7. The molecular formula is C26H26O7. The molecule has 0 aliphatic carbocycles. The van der Waals surface area contributed by atoms with Gasteiger partial charge >= 0.3 is 0 Å². The Balaban J connectivity index is 1.82. The van der Waals surface area contributed by atoms with Crippen LogP contribution < -0.4 is 0 Å². The summed E-state index contributed by atoms with van der Waals surface area (Å²) in [6.07, 6.45) is -4.94. The maximum absolute atomic E-state index is 12.7. The first-order valence-electron chi connectivity index (χ1n) is 10.6. The number of aliphatic hydroxyl groups excluding tert-OH is 3. The zero-order valence-electron chi connectivity index (χ0n) is 17.8. The first-order chi connectivity index (χ1) is 15.9. The molecule has 0 amide bonds. The van der Waals surface area contributed by atoms with Gasteiger partial charge in [-0.1, -0.05) is 91.0 Å². The average Bonchev–Trinajstić information content (AvgIpc) is 2.87. The van der Waals surface area contributed by atoms with E-state index in [4.69, 9.17) is 9.47 Å². The minimum absolute atomic E-state index is 0.662. The molecule has 1 aliphatic rings. The summed E-state index contributed by atoms with van der Waals surface area (Å²) in [5, 5.41) is 40.7. The van der Waals surface area contributed by atoms with Crippen LogP contribution in [0.5, 0.6) is 0 Å². The lowest BCUT2D eigenvalue weighted by atomic mass is 9.80. The van der Waals surface area contributed by atoms with Gasteiger partial charge in [-0.25, -0.2) is 0 Å². The predicted octanol–water partition coefficient (Wildman–Crippen LogP) is 1.37. The molecule has 0 radical (unpaired) electrons. The monoisotopic (exact) mass is 450 g/mol. The van der Waals surface area contributed by atoms with Crippen LogP contribution in [0.1, 0.15) is 16.7 Å². The Morgan fingerprint density at radius 1 is 0.818 bits per heavy atom. The molecule has 7 nitrogen and oxygen atoms in total. The molecule has 3 aromatic rings. The predicted molar refractivity (Wildman–Crippen MR) is 119 cm³/mol. The van der Waals surface area contributed by atoms with Gasteiger partial charge in [-0.2, -0.15) is 0 Å². The molecule has 33 heavy (non-hydrogen) atoms. The highest BCUT2D eigenvalue weighted by Crippen LogP contribution is 2.41. The molecule has 1 saturated heterocycles. The highest BCUT2D eigenvalue weighted by molar-refractivity contribution is 5.91. The minimum atomic E-state index is -2.57. The molecule has 0 unspecified atom stereocenters. The Morgan fingerprint density at radius 3 is 1.64 bits per heavy atom. The van der Waals surface area contributed by atoms with E-state index in [0.717, 1.165) is 16.7 Å². The number of hydrogen-bond donors (Lipinski definition) is 4. The van der Waals surface area contributed by atoms with Crippen LogP contribution in [0.3, 0.4) is 0 Å². The quantitative estimate of drug-likeness (QED) is 0.402. The molecule has 4 N–H and O–H groups in total. The minimum Gasteiger partial charge on any atom is -0.394 e. The van der Waals surface area contributed by atoms with Crippen molar-refractivity contribution in [3.8, 4) is 0 Å². The van der Waals surface area contributed by atoms with E-state index in [1.807, 2.05) is 91.0 Å². The summed E-state index contributed by atoms with van der Waals surface area (Å²) in [5.41, 5.74) is 0.995. The number of ether oxygens (including phenoxy) is 2. The van der Waals surface area contributed by atoms with Gasteiger partial charge in [-0.05, 0) is 16.7 Å². The third-order valence-electron chi connectivity index (χ3n) is 5.91. The number of Topliss-reactive ketones (excluding diaryl/α,β-unsaturated/α-hetero) is 1. The lowest BCUT2D eigenvalue weighted by molar-refractivity contribution is -0.295. The molecule has 1 fully saturated rings. The van der Waals surface area contributed by atoms with Crippen LogP contribution in [0.4, 0.5) is 0 Å². The van der Waals surface area contributed by atoms with E-state index in [1.54, 1.807) is 0 Å². The smallest absolute Gasteiger partial charge is 0.254 e. The van der Waals surface area contributed by atoms with E-state index in [1.165, 1.54) is 0 Å². The van der Waals surface area contributed by atoms with Crippen molar-refractivity contribution in [3.05, 3.63) is 108 Å². The molecule has 1 aliphatic heterocycles. The van der Waals surface area contributed by atoms with Crippen molar-refractivity contribution in [2.24, 2.45) is 0 Å². The standard InChI is InChI=1S/C26H26O7/c27-16-21-22(28)23(29)24(30)25(31,33-21)17-32-26(18-10-4-1-5-11-18,19-12-6-2-7-13-19)20-14-8-3-9-15-20/h1-15,21-23,27-29,31H,16-17H2/t21-,22-,23-,25-/m1/s1. The number of carbonyl (C=O) groups excluding carboxylic acids is 1. The highest BCUT2D eigenvalue weighted by Gasteiger charge is 2.54. The topological polar surface area (TPSA) is 116 Å². The summed E-state index contributed by atoms with van der Waals surface area (Å²) < 4.78 is 11.7. The van der Waals surface area contributed by atoms with Crippen LogP contribution in [0, 0.1) is 0 Å². The third kappa shape index (κ3) is 4.22. The molecule has 172 valence electrons. The SMILES string of the molecule is O=C1[C@H](O)[C@H](O)[C@@H](CO)O[C@]1(O)COC(c1ccccc1)(c1ccccc1)c1ccccc1. The van der Waals surface area contributed by atoms with Gasteiger partial charge in [0.15, 0.2) is 0 Å². The second-order valence-corrected chi connectivity index (χ2v) is 7.99. The molecule has 3 aromatic carbocycles. The van der Waals surface area contributed by atoms with Gasteiger partial charge in [0.05, 0.1) is 6.61 Å². The number of carbonyl (C=O) groups is 1. The maximum atomic E-state index is 12.7. The summed E-state index contributed by atoms with van der Waals surface area (Å²) in [5.74, 6) is -3.71. The molecule has 1 heterocycles. The summed E-state index contributed by atoms with van der Waals surface area (Å²) in [6.45, 7) is -1.36. The van der Waals surface area contributed by atoms with E-state index < -0.39 is 48.7 Å². The van der Waals surface area contributed by atoms with Crippen molar-refractivity contribution in [1.29, 1.82) is 0 Å². The molecular weight excluding hydrogens is 424 g/mol. The fourth-order valence-electron chi connectivity index (χ4n) is 4.19. The van der Waals surface area contributed by atoms with E-state index in [9.17, 15) is 25.2 Å². The molecule has 7 heteroatoms. The Bertz CT molecular complexity index is 961. The van der Waals surface area contributed by atoms with Gasteiger partial charge in [0.25, 0.3) is 5.79 Å². The lowest BCUT2D eigenvalue weighted by Gasteiger charge is -2.43. The molecule has 0 spiro atoms. The van der Waals surface area contributed by atoms with Crippen LogP contribution in [-0.2, 0) is 19.9 Å². The first kappa shape index (κ1) is 23.3.